The van der Waals surface area contributed by atoms with Gasteiger partial charge in [0.25, 0.3) is 0 Å². The lowest BCUT2D eigenvalue weighted by molar-refractivity contribution is -0.121. The third-order valence-corrected chi connectivity index (χ3v) is 6.53. The van der Waals surface area contributed by atoms with E-state index in [0.717, 1.165) is 48.8 Å². The fourth-order valence-corrected chi connectivity index (χ4v) is 4.52. The molecular formula is C24H27ClN6OS. The van der Waals surface area contributed by atoms with Crippen LogP contribution in [0.2, 0.25) is 5.02 Å². The van der Waals surface area contributed by atoms with Crippen molar-refractivity contribution >= 4 is 46.1 Å². The number of hydrogen-bond donors (Lipinski definition) is 2. The number of aromatic nitrogens is 3. The van der Waals surface area contributed by atoms with Gasteiger partial charge in [-0.15, -0.1) is 0 Å². The Morgan fingerprint density at radius 3 is 2.70 bits per heavy atom. The number of allylic oxidation sites excluding steroid dienone is 1. The summed E-state index contributed by atoms with van der Waals surface area (Å²) < 4.78 is 0. The molecule has 1 aliphatic heterocycles. The van der Waals surface area contributed by atoms with Crippen LogP contribution < -0.4 is 10.2 Å². The van der Waals surface area contributed by atoms with Crippen molar-refractivity contribution in [1.82, 2.24) is 25.2 Å². The molecule has 2 N–H and O–H groups in total. The second-order valence-corrected chi connectivity index (χ2v) is 9.33. The summed E-state index contributed by atoms with van der Waals surface area (Å²) >= 11 is 7.99. The molecule has 0 atom stereocenters. The molecule has 1 aromatic carbocycles. The molecule has 0 unspecified atom stereocenters. The summed E-state index contributed by atoms with van der Waals surface area (Å²) in [5.41, 5.74) is 4.59. The van der Waals surface area contributed by atoms with Gasteiger partial charge in [-0.3, -0.25) is 9.69 Å². The summed E-state index contributed by atoms with van der Waals surface area (Å²) in [6.07, 6.45) is 3.57. The van der Waals surface area contributed by atoms with Crippen molar-refractivity contribution in [2.45, 2.75) is 13.8 Å². The zero-order chi connectivity index (χ0) is 23.4. The highest BCUT2D eigenvalue weighted by atomic mass is 35.5. The zero-order valence-electron chi connectivity index (χ0n) is 18.8. The number of H-pyrrole nitrogens is 1. The van der Waals surface area contributed by atoms with Crippen LogP contribution in [-0.2, 0) is 4.79 Å². The number of pyridine rings is 1. The molecule has 1 fully saturated rings. The van der Waals surface area contributed by atoms with E-state index in [2.05, 4.69) is 55.7 Å². The SMILES string of the molecule is C=C(NC(=O)CN1CCN(c2c(Cl)cnc3nc(-c4ccc(C)cc4)[nH]c23)CC1)S/C=C\C. The number of amides is 1. The van der Waals surface area contributed by atoms with Crippen LogP contribution in [0.1, 0.15) is 12.5 Å². The highest BCUT2D eigenvalue weighted by Crippen LogP contribution is 2.34. The van der Waals surface area contributed by atoms with E-state index in [-0.39, 0.29) is 5.91 Å². The second-order valence-electron chi connectivity index (χ2n) is 7.93. The molecule has 4 rings (SSSR count). The lowest BCUT2D eigenvalue weighted by Crippen LogP contribution is -2.49. The number of halogens is 1. The van der Waals surface area contributed by atoms with Gasteiger partial charge in [0.05, 0.1) is 28.5 Å². The molecule has 3 aromatic rings. The first-order valence-electron chi connectivity index (χ1n) is 10.8. The molecular weight excluding hydrogens is 456 g/mol. The largest absolute Gasteiger partial charge is 0.366 e. The Labute approximate surface area is 202 Å². The number of nitrogens with zero attached hydrogens (tertiary/aromatic N) is 4. The van der Waals surface area contributed by atoms with E-state index in [0.29, 0.717) is 22.2 Å². The topological polar surface area (TPSA) is 77.2 Å². The van der Waals surface area contributed by atoms with Gasteiger partial charge < -0.3 is 15.2 Å². The van der Waals surface area contributed by atoms with Crippen LogP contribution in [0.4, 0.5) is 5.69 Å². The second kappa shape index (κ2) is 10.4. The molecule has 0 radical (unpaired) electrons. The van der Waals surface area contributed by atoms with E-state index in [9.17, 15) is 4.79 Å². The van der Waals surface area contributed by atoms with Gasteiger partial charge in [-0.05, 0) is 19.3 Å². The molecule has 3 heterocycles. The summed E-state index contributed by atoms with van der Waals surface area (Å²) in [5, 5.41) is 5.95. The highest BCUT2D eigenvalue weighted by molar-refractivity contribution is 8.05. The third kappa shape index (κ3) is 5.58. The van der Waals surface area contributed by atoms with Crippen molar-refractivity contribution in [3.8, 4) is 11.4 Å². The maximum atomic E-state index is 12.3. The molecule has 9 heteroatoms. The Balaban J connectivity index is 1.44. The van der Waals surface area contributed by atoms with Gasteiger partial charge in [-0.1, -0.05) is 65.8 Å². The molecule has 0 spiro atoms. The van der Waals surface area contributed by atoms with E-state index >= 15 is 0 Å². The van der Waals surface area contributed by atoms with Crippen molar-refractivity contribution in [1.29, 1.82) is 0 Å². The number of hydrogen-bond acceptors (Lipinski definition) is 6. The first kappa shape index (κ1) is 23.4. The predicted molar refractivity (Wildman–Crippen MR) is 137 cm³/mol. The minimum atomic E-state index is -0.0499. The molecule has 1 aliphatic rings. The number of nitrogens with one attached hydrogen (secondary N) is 2. The van der Waals surface area contributed by atoms with Crippen LogP contribution in [0.5, 0.6) is 0 Å². The Bertz CT molecular complexity index is 1180. The number of carbonyl (C=O) groups excluding carboxylic acids is 1. The Hall–Kier alpha value is -2.81. The maximum Gasteiger partial charge on any atom is 0.238 e. The summed E-state index contributed by atoms with van der Waals surface area (Å²) in [7, 11) is 0. The Morgan fingerprint density at radius 2 is 2.00 bits per heavy atom. The van der Waals surface area contributed by atoms with Crippen molar-refractivity contribution in [3.63, 3.8) is 0 Å². The van der Waals surface area contributed by atoms with E-state index in [1.54, 1.807) is 6.20 Å². The number of piperazine rings is 1. The van der Waals surface area contributed by atoms with E-state index in [4.69, 9.17) is 11.6 Å². The van der Waals surface area contributed by atoms with Crippen molar-refractivity contribution < 1.29 is 4.79 Å². The lowest BCUT2D eigenvalue weighted by Gasteiger charge is -2.36. The summed E-state index contributed by atoms with van der Waals surface area (Å²) in [4.78, 5) is 29.2. The Morgan fingerprint density at radius 1 is 1.27 bits per heavy atom. The van der Waals surface area contributed by atoms with E-state index < -0.39 is 0 Å². The van der Waals surface area contributed by atoms with Crippen molar-refractivity contribution in [2.24, 2.45) is 0 Å². The van der Waals surface area contributed by atoms with Gasteiger partial charge in [-0.2, -0.15) is 0 Å². The molecule has 33 heavy (non-hydrogen) atoms. The predicted octanol–water partition coefficient (Wildman–Crippen LogP) is 4.56. The fraction of sp³-hybridized carbons (Fsp3) is 0.292. The standard InChI is InChI=1S/C24H27ClN6OS/c1-4-13-33-17(3)27-20(32)15-30-9-11-31(12-10-30)22-19(25)14-26-24-21(22)28-23(29-24)18-7-5-16(2)6-8-18/h4-8,13-14H,3,9-12,15H2,1-2H3,(H,27,32)(H,26,28,29)/b13-4-. The van der Waals surface area contributed by atoms with Crippen LogP contribution in [0, 0.1) is 6.92 Å². The average Bonchev–Trinajstić information content (AvgIpc) is 3.23. The van der Waals surface area contributed by atoms with Gasteiger partial charge in [-0.25, -0.2) is 9.97 Å². The van der Waals surface area contributed by atoms with Crippen LogP contribution >= 0.6 is 23.4 Å². The first-order chi connectivity index (χ1) is 15.9. The highest BCUT2D eigenvalue weighted by Gasteiger charge is 2.24. The van der Waals surface area contributed by atoms with Crippen LogP contribution in [0.3, 0.4) is 0 Å². The lowest BCUT2D eigenvalue weighted by atomic mass is 10.1. The number of thioether (sulfide) groups is 1. The molecule has 2 aromatic heterocycles. The number of fused-ring (bicyclic) bond motifs is 1. The van der Waals surface area contributed by atoms with E-state index in [1.807, 2.05) is 30.5 Å². The van der Waals surface area contributed by atoms with Gasteiger partial charge in [0.1, 0.15) is 11.3 Å². The molecule has 7 nitrogen and oxygen atoms in total. The molecule has 172 valence electrons. The maximum absolute atomic E-state index is 12.3. The molecule has 1 saturated heterocycles. The molecule has 0 bridgehead atoms. The quantitative estimate of drug-likeness (QED) is 0.514. The van der Waals surface area contributed by atoms with Crippen molar-refractivity contribution in [2.75, 3.05) is 37.6 Å². The van der Waals surface area contributed by atoms with E-state index in [1.165, 1.54) is 17.3 Å². The smallest absolute Gasteiger partial charge is 0.238 e. The normalized spacial score (nSPS) is 14.8. The number of aryl methyl sites for hydroxylation is 1. The molecule has 1 amide bonds. The number of aromatic amines is 1. The monoisotopic (exact) mass is 482 g/mol. The molecule has 0 saturated carbocycles. The number of anilines is 1. The minimum absolute atomic E-state index is 0.0499. The number of imidazole rings is 1. The minimum Gasteiger partial charge on any atom is -0.366 e. The Kier molecular flexibility index (Phi) is 7.37. The average molecular weight is 483 g/mol. The van der Waals surface area contributed by atoms with Gasteiger partial charge >= 0.3 is 0 Å². The van der Waals surface area contributed by atoms with Crippen LogP contribution in [-0.4, -0.2) is 58.5 Å². The van der Waals surface area contributed by atoms with Crippen LogP contribution in [0.25, 0.3) is 22.6 Å². The van der Waals surface area contributed by atoms with Gasteiger partial charge in [0, 0.05) is 31.7 Å². The number of benzene rings is 1. The molecule has 0 aliphatic carbocycles. The third-order valence-electron chi connectivity index (χ3n) is 5.45. The number of carbonyl (C=O) groups is 1. The van der Waals surface area contributed by atoms with Gasteiger partial charge in [0.15, 0.2) is 5.65 Å². The summed E-state index contributed by atoms with van der Waals surface area (Å²) in [6.45, 7) is 11.2. The summed E-state index contributed by atoms with van der Waals surface area (Å²) in [6, 6.07) is 8.22. The van der Waals surface area contributed by atoms with Gasteiger partial charge in [0.2, 0.25) is 5.91 Å². The summed E-state index contributed by atoms with van der Waals surface area (Å²) in [5.74, 6) is 0.721. The first-order valence-corrected chi connectivity index (χ1v) is 12.1. The van der Waals surface area contributed by atoms with Crippen LogP contribution in [0.15, 0.2) is 53.6 Å². The zero-order valence-corrected chi connectivity index (χ0v) is 20.3. The fourth-order valence-electron chi connectivity index (χ4n) is 3.79. The number of rotatable bonds is 7. The van der Waals surface area contributed by atoms with Crippen molar-refractivity contribution in [3.05, 3.63) is 64.1 Å².